The molecule has 0 spiro atoms. The van der Waals surface area contributed by atoms with Gasteiger partial charge < -0.3 is 21.0 Å². The number of amides is 1. The highest BCUT2D eigenvalue weighted by Crippen LogP contribution is 2.26. The van der Waals surface area contributed by atoms with Gasteiger partial charge in [-0.15, -0.1) is 0 Å². The average molecular weight is 241 g/mol. The SMILES string of the molecule is NC(=NO)C1CCCC1NC(=O)C1CCCO1. The molecule has 17 heavy (non-hydrogen) atoms. The molecule has 1 saturated heterocycles. The first-order chi connectivity index (χ1) is 8.22. The van der Waals surface area contributed by atoms with E-state index in [1.54, 1.807) is 0 Å². The summed E-state index contributed by atoms with van der Waals surface area (Å²) in [5, 5.41) is 14.7. The minimum atomic E-state index is -0.316. The molecule has 1 heterocycles. The van der Waals surface area contributed by atoms with E-state index in [1.807, 2.05) is 0 Å². The van der Waals surface area contributed by atoms with E-state index in [1.165, 1.54) is 0 Å². The molecule has 2 aliphatic rings. The molecule has 4 N–H and O–H groups in total. The van der Waals surface area contributed by atoms with E-state index in [0.717, 1.165) is 32.1 Å². The highest BCUT2D eigenvalue weighted by Gasteiger charge is 2.34. The standard InChI is InChI=1S/C11H19N3O3/c12-10(14-16)7-3-1-4-8(7)13-11(15)9-5-2-6-17-9/h7-9,16H,1-6H2,(H2,12,14)(H,13,15). The van der Waals surface area contributed by atoms with E-state index in [-0.39, 0.29) is 29.8 Å². The van der Waals surface area contributed by atoms with Crippen LogP contribution in [0, 0.1) is 5.92 Å². The second-order valence-corrected chi connectivity index (χ2v) is 4.68. The monoisotopic (exact) mass is 241 g/mol. The molecule has 1 aliphatic carbocycles. The van der Waals surface area contributed by atoms with Crippen molar-refractivity contribution in [3.63, 3.8) is 0 Å². The zero-order valence-corrected chi connectivity index (χ0v) is 9.76. The van der Waals surface area contributed by atoms with Crippen molar-refractivity contribution in [2.75, 3.05) is 6.61 Å². The first-order valence-corrected chi connectivity index (χ1v) is 6.11. The number of carbonyl (C=O) groups excluding carboxylic acids is 1. The fourth-order valence-electron chi connectivity index (χ4n) is 2.62. The van der Waals surface area contributed by atoms with Gasteiger partial charge in [0.15, 0.2) is 0 Å². The molecule has 3 atom stereocenters. The van der Waals surface area contributed by atoms with Crippen LogP contribution in [-0.4, -0.2) is 35.7 Å². The zero-order valence-electron chi connectivity index (χ0n) is 9.76. The number of hydrogen-bond donors (Lipinski definition) is 3. The molecule has 0 radical (unpaired) electrons. The Bertz CT molecular complexity index is 313. The smallest absolute Gasteiger partial charge is 0.249 e. The number of hydrogen-bond acceptors (Lipinski definition) is 4. The summed E-state index contributed by atoms with van der Waals surface area (Å²) in [6.45, 7) is 0.659. The van der Waals surface area contributed by atoms with Crippen LogP contribution in [0.5, 0.6) is 0 Å². The van der Waals surface area contributed by atoms with Crippen molar-refractivity contribution >= 4 is 11.7 Å². The predicted molar refractivity (Wildman–Crippen MR) is 61.7 cm³/mol. The Morgan fingerprint density at radius 1 is 1.35 bits per heavy atom. The third-order valence-electron chi connectivity index (χ3n) is 3.56. The molecular weight excluding hydrogens is 222 g/mol. The zero-order chi connectivity index (χ0) is 12.3. The number of nitrogens with one attached hydrogen (secondary N) is 1. The van der Waals surface area contributed by atoms with E-state index in [9.17, 15) is 4.79 Å². The van der Waals surface area contributed by atoms with Gasteiger partial charge in [0.25, 0.3) is 0 Å². The molecule has 0 aromatic heterocycles. The maximum Gasteiger partial charge on any atom is 0.249 e. The minimum Gasteiger partial charge on any atom is -0.409 e. The molecule has 3 unspecified atom stereocenters. The lowest BCUT2D eigenvalue weighted by Gasteiger charge is -2.21. The Morgan fingerprint density at radius 2 is 2.18 bits per heavy atom. The van der Waals surface area contributed by atoms with E-state index in [4.69, 9.17) is 15.7 Å². The number of nitrogens with two attached hydrogens (primary N) is 1. The van der Waals surface area contributed by atoms with Crippen LogP contribution in [0.1, 0.15) is 32.1 Å². The highest BCUT2D eigenvalue weighted by molar-refractivity contribution is 5.85. The van der Waals surface area contributed by atoms with E-state index in [2.05, 4.69) is 10.5 Å². The lowest BCUT2D eigenvalue weighted by atomic mass is 10.0. The van der Waals surface area contributed by atoms with Crippen LogP contribution in [0.25, 0.3) is 0 Å². The average Bonchev–Trinajstić information content (AvgIpc) is 2.98. The largest absolute Gasteiger partial charge is 0.409 e. The summed E-state index contributed by atoms with van der Waals surface area (Å²) in [5.41, 5.74) is 5.62. The summed E-state index contributed by atoms with van der Waals surface area (Å²) in [7, 11) is 0. The van der Waals surface area contributed by atoms with Crippen molar-refractivity contribution in [1.82, 2.24) is 5.32 Å². The number of ether oxygens (including phenoxy) is 1. The van der Waals surface area contributed by atoms with Crippen molar-refractivity contribution in [3.05, 3.63) is 0 Å². The summed E-state index contributed by atoms with van der Waals surface area (Å²) in [6.07, 6.45) is 4.12. The summed E-state index contributed by atoms with van der Waals surface area (Å²) in [5.74, 6) is 0.0932. The maximum atomic E-state index is 11.9. The number of amidine groups is 1. The van der Waals surface area contributed by atoms with Gasteiger partial charge in [-0.25, -0.2) is 0 Å². The molecule has 0 aromatic rings. The van der Waals surface area contributed by atoms with Crippen LogP contribution >= 0.6 is 0 Å². The highest BCUT2D eigenvalue weighted by atomic mass is 16.5. The van der Waals surface area contributed by atoms with Crippen molar-refractivity contribution < 1.29 is 14.7 Å². The fourth-order valence-corrected chi connectivity index (χ4v) is 2.62. The van der Waals surface area contributed by atoms with Crippen molar-refractivity contribution in [2.24, 2.45) is 16.8 Å². The Kier molecular flexibility index (Phi) is 3.83. The fraction of sp³-hybridized carbons (Fsp3) is 0.818. The van der Waals surface area contributed by atoms with Gasteiger partial charge in [0.1, 0.15) is 11.9 Å². The lowest BCUT2D eigenvalue weighted by molar-refractivity contribution is -0.130. The molecule has 0 bridgehead atoms. The van der Waals surface area contributed by atoms with Gasteiger partial charge in [-0.2, -0.15) is 0 Å². The predicted octanol–water partition coefficient (Wildman–Crippen LogP) is 0.197. The first kappa shape index (κ1) is 12.2. The van der Waals surface area contributed by atoms with Gasteiger partial charge in [0, 0.05) is 18.6 Å². The van der Waals surface area contributed by atoms with Crippen LogP contribution in [0.2, 0.25) is 0 Å². The molecule has 96 valence electrons. The molecule has 2 rings (SSSR count). The van der Waals surface area contributed by atoms with Gasteiger partial charge in [0.2, 0.25) is 5.91 Å². The second kappa shape index (κ2) is 5.35. The van der Waals surface area contributed by atoms with Gasteiger partial charge >= 0.3 is 0 Å². The van der Waals surface area contributed by atoms with Crippen LogP contribution in [0.4, 0.5) is 0 Å². The summed E-state index contributed by atoms with van der Waals surface area (Å²) in [4.78, 5) is 11.9. The molecule has 1 amide bonds. The Labute approximate surface area is 100 Å². The maximum absolute atomic E-state index is 11.9. The quantitative estimate of drug-likeness (QED) is 0.284. The van der Waals surface area contributed by atoms with Gasteiger partial charge in [-0.05, 0) is 25.7 Å². The van der Waals surface area contributed by atoms with Crippen molar-refractivity contribution in [1.29, 1.82) is 0 Å². The van der Waals surface area contributed by atoms with Crippen molar-refractivity contribution in [2.45, 2.75) is 44.2 Å². The normalized spacial score (nSPS) is 33.9. The number of rotatable bonds is 3. The Morgan fingerprint density at radius 3 is 2.82 bits per heavy atom. The van der Waals surface area contributed by atoms with Crippen LogP contribution in [0.15, 0.2) is 5.16 Å². The third kappa shape index (κ3) is 2.69. The summed E-state index contributed by atoms with van der Waals surface area (Å²) < 4.78 is 5.32. The van der Waals surface area contributed by atoms with E-state index in [0.29, 0.717) is 6.61 Å². The number of nitrogens with zero attached hydrogens (tertiary/aromatic N) is 1. The van der Waals surface area contributed by atoms with Gasteiger partial charge in [0.05, 0.1) is 0 Å². The molecule has 6 heteroatoms. The molecule has 1 aliphatic heterocycles. The second-order valence-electron chi connectivity index (χ2n) is 4.68. The van der Waals surface area contributed by atoms with Gasteiger partial charge in [-0.3, -0.25) is 4.79 Å². The Balaban J connectivity index is 1.91. The van der Waals surface area contributed by atoms with E-state index < -0.39 is 0 Å². The molecule has 0 aromatic carbocycles. The Hall–Kier alpha value is -1.30. The molecule has 2 fully saturated rings. The topological polar surface area (TPSA) is 96.9 Å². The van der Waals surface area contributed by atoms with Crippen molar-refractivity contribution in [3.8, 4) is 0 Å². The third-order valence-corrected chi connectivity index (χ3v) is 3.56. The van der Waals surface area contributed by atoms with Crippen LogP contribution in [-0.2, 0) is 9.53 Å². The first-order valence-electron chi connectivity index (χ1n) is 6.11. The van der Waals surface area contributed by atoms with Crippen LogP contribution in [0.3, 0.4) is 0 Å². The lowest BCUT2D eigenvalue weighted by Crippen LogP contribution is -2.46. The number of carbonyl (C=O) groups is 1. The van der Waals surface area contributed by atoms with Crippen LogP contribution < -0.4 is 11.1 Å². The summed E-state index contributed by atoms with van der Waals surface area (Å²) in [6, 6.07) is -0.0254. The van der Waals surface area contributed by atoms with E-state index >= 15 is 0 Å². The number of oxime groups is 1. The molecule has 6 nitrogen and oxygen atoms in total. The minimum absolute atomic E-state index is 0.0254. The van der Waals surface area contributed by atoms with Gasteiger partial charge in [-0.1, -0.05) is 11.6 Å². The summed E-state index contributed by atoms with van der Waals surface area (Å²) >= 11 is 0. The molecular formula is C11H19N3O3. The molecule has 1 saturated carbocycles.